The molecule has 2 amide bonds. The maximum atomic E-state index is 12.1. The number of halogens is 2. The Morgan fingerprint density at radius 2 is 2.00 bits per heavy atom. The number of aryl methyl sites for hydroxylation is 1. The predicted octanol–water partition coefficient (Wildman–Crippen LogP) is 4.47. The summed E-state index contributed by atoms with van der Waals surface area (Å²) in [7, 11) is 0. The Hall–Kier alpha value is -1.91. The fourth-order valence-corrected chi connectivity index (χ4v) is 3.57. The minimum Gasteiger partial charge on any atom is -0.369 e. The van der Waals surface area contributed by atoms with Crippen molar-refractivity contribution in [3.05, 3.63) is 58.1 Å². The van der Waals surface area contributed by atoms with Crippen LogP contribution >= 0.6 is 23.2 Å². The molecule has 1 aliphatic heterocycles. The average molecular weight is 364 g/mol. The number of benzene rings is 2. The quantitative estimate of drug-likeness (QED) is 0.874. The zero-order valence-electron chi connectivity index (χ0n) is 13.4. The van der Waals surface area contributed by atoms with Crippen LogP contribution < -0.4 is 15.5 Å². The molecule has 2 aromatic rings. The zero-order chi connectivity index (χ0) is 17.3. The molecule has 2 N–H and O–H groups in total. The van der Waals surface area contributed by atoms with Crippen molar-refractivity contribution < 1.29 is 4.79 Å². The highest BCUT2D eigenvalue weighted by atomic mass is 35.5. The Morgan fingerprint density at radius 1 is 1.25 bits per heavy atom. The van der Waals surface area contributed by atoms with E-state index in [1.54, 1.807) is 23.1 Å². The normalized spacial score (nSPS) is 17.1. The van der Waals surface area contributed by atoms with Crippen molar-refractivity contribution in [2.45, 2.75) is 19.4 Å². The molecule has 0 unspecified atom stereocenters. The number of carbonyl (C=O) groups excluding carboxylic acids is 1. The SMILES string of the molecule is Cc1cccc(N2CC[C@@H](N(C(N)=O)c3cccc(Cl)c3Cl)C2)c1. The van der Waals surface area contributed by atoms with Crippen LogP contribution in [0.3, 0.4) is 0 Å². The Balaban J connectivity index is 1.86. The van der Waals surface area contributed by atoms with Gasteiger partial charge in [-0.15, -0.1) is 0 Å². The average Bonchev–Trinajstić information content (AvgIpc) is 3.01. The Bertz CT molecular complexity index is 766. The van der Waals surface area contributed by atoms with E-state index < -0.39 is 6.03 Å². The first kappa shape index (κ1) is 16.9. The fourth-order valence-electron chi connectivity index (χ4n) is 3.19. The van der Waals surface area contributed by atoms with E-state index in [1.165, 1.54) is 5.56 Å². The number of primary amides is 1. The van der Waals surface area contributed by atoms with Gasteiger partial charge >= 0.3 is 6.03 Å². The molecule has 3 rings (SSSR count). The van der Waals surface area contributed by atoms with E-state index in [2.05, 4.69) is 30.0 Å². The molecule has 0 aliphatic carbocycles. The van der Waals surface area contributed by atoms with Crippen molar-refractivity contribution in [2.24, 2.45) is 5.73 Å². The molecule has 1 fully saturated rings. The maximum Gasteiger partial charge on any atom is 0.319 e. The van der Waals surface area contributed by atoms with Crippen LogP contribution in [-0.4, -0.2) is 25.2 Å². The van der Waals surface area contributed by atoms with Crippen LogP contribution in [0.4, 0.5) is 16.2 Å². The van der Waals surface area contributed by atoms with Gasteiger partial charge in [-0.25, -0.2) is 4.79 Å². The number of nitrogens with zero attached hydrogens (tertiary/aromatic N) is 2. The molecular weight excluding hydrogens is 345 g/mol. The first-order chi connectivity index (χ1) is 11.5. The number of hydrogen-bond donors (Lipinski definition) is 1. The van der Waals surface area contributed by atoms with Crippen LogP contribution in [-0.2, 0) is 0 Å². The van der Waals surface area contributed by atoms with Gasteiger partial charge in [0.05, 0.1) is 21.8 Å². The zero-order valence-corrected chi connectivity index (χ0v) is 14.9. The van der Waals surface area contributed by atoms with Gasteiger partial charge in [0, 0.05) is 18.8 Å². The lowest BCUT2D eigenvalue weighted by Crippen LogP contribution is -2.45. The lowest BCUT2D eigenvalue weighted by Gasteiger charge is -2.29. The molecule has 1 atom stereocenters. The first-order valence-corrected chi connectivity index (χ1v) is 8.57. The van der Waals surface area contributed by atoms with Crippen LogP contribution in [0.5, 0.6) is 0 Å². The number of rotatable bonds is 3. The van der Waals surface area contributed by atoms with Gasteiger partial charge in [-0.1, -0.05) is 41.4 Å². The Kier molecular flexibility index (Phi) is 4.88. The maximum absolute atomic E-state index is 12.1. The molecule has 0 spiro atoms. The molecule has 0 radical (unpaired) electrons. The number of urea groups is 1. The van der Waals surface area contributed by atoms with Gasteiger partial charge < -0.3 is 10.6 Å². The summed E-state index contributed by atoms with van der Waals surface area (Å²) >= 11 is 12.4. The Labute approximate surface area is 151 Å². The van der Waals surface area contributed by atoms with Crippen molar-refractivity contribution in [2.75, 3.05) is 22.9 Å². The molecule has 0 aromatic heterocycles. The number of nitrogens with two attached hydrogens (primary N) is 1. The van der Waals surface area contributed by atoms with Gasteiger partial charge in [0.25, 0.3) is 0 Å². The molecule has 0 saturated carbocycles. The standard InChI is InChI=1S/C18H19Cl2N3O/c1-12-4-2-5-13(10-12)22-9-8-14(11-22)23(18(21)24)16-7-3-6-15(19)17(16)20/h2-7,10,14H,8-9,11H2,1H3,(H2,21,24)/t14-/m1/s1. The van der Waals surface area contributed by atoms with Gasteiger partial charge in [0.15, 0.2) is 0 Å². The molecule has 126 valence electrons. The highest BCUT2D eigenvalue weighted by Crippen LogP contribution is 2.35. The molecule has 24 heavy (non-hydrogen) atoms. The van der Waals surface area contributed by atoms with E-state index in [4.69, 9.17) is 28.9 Å². The highest BCUT2D eigenvalue weighted by Gasteiger charge is 2.32. The smallest absolute Gasteiger partial charge is 0.319 e. The van der Waals surface area contributed by atoms with Crippen LogP contribution in [0.1, 0.15) is 12.0 Å². The van der Waals surface area contributed by atoms with Crippen LogP contribution in [0.15, 0.2) is 42.5 Å². The van der Waals surface area contributed by atoms with Crippen molar-refractivity contribution in [1.29, 1.82) is 0 Å². The van der Waals surface area contributed by atoms with E-state index in [0.29, 0.717) is 22.3 Å². The highest BCUT2D eigenvalue weighted by molar-refractivity contribution is 6.44. The third-order valence-corrected chi connectivity index (χ3v) is 5.13. The molecule has 2 aromatic carbocycles. The van der Waals surface area contributed by atoms with E-state index in [1.807, 2.05) is 6.07 Å². The molecular formula is C18H19Cl2N3O. The summed E-state index contributed by atoms with van der Waals surface area (Å²) in [4.78, 5) is 15.9. The predicted molar refractivity (Wildman–Crippen MR) is 100 cm³/mol. The number of hydrogen-bond acceptors (Lipinski definition) is 2. The van der Waals surface area contributed by atoms with E-state index in [0.717, 1.165) is 18.7 Å². The van der Waals surface area contributed by atoms with Crippen LogP contribution in [0.2, 0.25) is 10.0 Å². The summed E-state index contributed by atoms with van der Waals surface area (Å²) in [5, 5.41) is 0.765. The van der Waals surface area contributed by atoms with Gasteiger partial charge in [-0.3, -0.25) is 4.90 Å². The van der Waals surface area contributed by atoms with E-state index >= 15 is 0 Å². The molecule has 0 bridgehead atoms. The topological polar surface area (TPSA) is 49.6 Å². The minimum absolute atomic E-state index is 0.0426. The van der Waals surface area contributed by atoms with Gasteiger partial charge in [0.1, 0.15) is 0 Å². The van der Waals surface area contributed by atoms with Crippen LogP contribution in [0.25, 0.3) is 0 Å². The third kappa shape index (κ3) is 3.30. The number of carbonyl (C=O) groups is 1. The van der Waals surface area contributed by atoms with Gasteiger partial charge in [0.2, 0.25) is 0 Å². The summed E-state index contributed by atoms with van der Waals surface area (Å²) in [6.45, 7) is 3.63. The molecule has 4 nitrogen and oxygen atoms in total. The lowest BCUT2D eigenvalue weighted by atomic mass is 10.2. The van der Waals surface area contributed by atoms with E-state index in [9.17, 15) is 4.79 Å². The Morgan fingerprint density at radius 3 is 2.71 bits per heavy atom. The van der Waals surface area contributed by atoms with Crippen molar-refractivity contribution in [1.82, 2.24) is 0 Å². The summed E-state index contributed by atoms with van der Waals surface area (Å²) in [6, 6.07) is 13.0. The second-order valence-electron chi connectivity index (χ2n) is 6.01. The molecule has 1 heterocycles. The molecule has 6 heteroatoms. The first-order valence-electron chi connectivity index (χ1n) is 7.81. The second kappa shape index (κ2) is 6.91. The monoisotopic (exact) mass is 363 g/mol. The number of anilines is 2. The van der Waals surface area contributed by atoms with Crippen molar-refractivity contribution >= 4 is 40.6 Å². The van der Waals surface area contributed by atoms with Gasteiger partial charge in [-0.2, -0.15) is 0 Å². The van der Waals surface area contributed by atoms with E-state index in [-0.39, 0.29) is 6.04 Å². The van der Waals surface area contributed by atoms with Crippen molar-refractivity contribution in [3.8, 4) is 0 Å². The second-order valence-corrected chi connectivity index (χ2v) is 6.79. The summed E-state index contributed by atoms with van der Waals surface area (Å²) in [5.41, 5.74) is 8.57. The summed E-state index contributed by atoms with van der Waals surface area (Å²) in [5.74, 6) is 0. The summed E-state index contributed by atoms with van der Waals surface area (Å²) in [6.07, 6.45) is 0.819. The molecule has 1 saturated heterocycles. The fraction of sp³-hybridized carbons (Fsp3) is 0.278. The van der Waals surface area contributed by atoms with Gasteiger partial charge in [-0.05, 0) is 43.2 Å². The molecule has 1 aliphatic rings. The lowest BCUT2D eigenvalue weighted by molar-refractivity contribution is 0.252. The number of amides is 2. The largest absolute Gasteiger partial charge is 0.369 e. The third-order valence-electron chi connectivity index (χ3n) is 4.32. The minimum atomic E-state index is -0.518. The van der Waals surface area contributed by atoms with Crippen molar-refractivity contribution in [3.63, 3.8) is 0 Å². The summed E-state index contributed by atoms with van der Waals surface area (Å²) < 4.78 is 0. The van der Waals surface area contributed by atoms with Crippen LogP contribution in [0, 0.1) is 6.92 Å².